The van der Waals surface area contributed by atoms with Crippen LogP contribution in [0.15, 0.2) is 54.6 Å². The molecule has 0 bridgehead atoms. The lowest BCUT2D eigenvalue weighted by Crippen LogP contribution is -2.41. The number of ketones is 1. The second kappa shape index (κ2) is 9.29. The number of benzene rings is 2. The number of nitrogens with one attached hydrogen (secondary N) is 1. The lowest BCUT2D eigenvalue weighted by molar-refractivity contribution is -0.384. The number of non-ortho nitro benzene ring substituents is 1. The molecule has 1 aromatic heterocycles. The van der Waals surface area contributed by atoms with E-state index in [1.165, 1.54) is 31.2 Å². The highest BCUT2D eigenvalue weighted by Crippen LogP contribution is 2.31. The second-order valence-electron chi connectivity index (χ2n) is 8.72. The highest BCUT2D eigenvalue weighted by molar-refractivity contribution is 6.11. The minimum absolute atomic E-state index is 0.131. The van der Waals surface area contributed by atoms with Gasteiger partial charge in [-0.05, 0) is 75.7 Å². The van der Waals surface area contributed by atoms with Gasteiger partial charge in [0.1, 0.15) is 11.3 Å². The SMILES string of the molecule is CCOc1ccc(-n2c(C)cc(C(=O)CN3C(=O)NC(C)(c4ccc([N+](=O)[O-])cc4)C3=O)c2C)cc1. The second-order valence-corrected chi connectivity index (χ2v) is 8.72. The van der Waals surface area contributed by atoms with Gasteiger partial charge in [0.15, 0.2) is 5.78 Å². The summed E-state index contributed by atoms with van der Waals surface area (Å²) in [7, 11) is 0. The van der Waals surface area contributed by atoms with E-state index in [-0.39, 0.29) is 11.5 Å². The van der Waals surface area contributed by atoms with Crippen LogP contribution in [0.5, 0.6) is 5.75 Å². The standard InChI is InChI=1S/C26H26N4O6/c1-5-36-21-12-10-19(11-13-21)29-16(2)14-22(17(29)3)23(31)15-28-24(32)26(4,27-25(28)33)18-6-8-20(9-7-18)30(34)35/h6-14H,5,15H2,1-4H3,(H,27,33). The number of aryl methyl sites for hydroxylation is 1. The Balaban J connectivity index is 1.56. The van der Waals surface area contributed by atoms with E-state index in [4.69, 9.17) is 4.74 Å². The summed E-state index contributed by atoms with van der Waals surface area (Å²) in [6.45, 7) is 7.23. The summed E-state index contributed by atoms with van der Waals surface area (Å²) in [5.74, 6) is -0.235. The average Bonchev–Trinajstić information content (AvgIpc) is 3.27. The van der Waals surface area contributed by atoms with Crippen molar-refractivity contribution in [1.29, 1.82) is 0 Å². The molecule has 1 N–H and O–H groups in total. The number of nitro groups is 1. The highest BCUT2D eigenvalue weighted by Gasteiger charge is 2.49. The molecule has 1 aliphatic rings. The molecule has 1 aliphatic heterocycles. The van der Waals surface area contributed by atoms with Crippen LogP contribution in [0.3, 0.4) is 0 Å². The monoisotopic (exact) mass is 490 g/mol. The van der Waals surface area contributed by atoms with Crippen molar-refractivity contribution in [2.24, 2.45) is 0 Å². The highest BCUT2D eigenvalue weighted by atomic mass is 16.6. The summed E-state index contributed by atoms with van der Waals surface area (Å²) >= 11 is 0. The third-order valence-electron chi connectivity index (χ3n) is 6.37. The maximum absolute atomic E-state index is 13.2. The van der Waals surface area contributed by atoms with Crippen molar-refractivity contribution in [3.8, 4) is 11.4 Å². The minimum atomic E-state index is -1.44. The Morgan fingerprint density at radius 1 is 1.08 bits per heavy atom. The predicted octanol–water partition coefficient (Wildman–Crippen LogP) is 4.05. The summed E-state index contributed by atoms with van der Waals surface area (Å²) in [6, 6.07) is 13.9. The van der Waals surface area contributed by atoms with E-state index >= 15 is 0 Å². The number of urea groups is 1. The Hall–Kier alpha value is -4.47. The normalized spacial score (nSPS) is 17.3. The first-order chi connectivity index (χ1) is 17.1. The molecule has 10 heteroatoms. The van der Waals surface area contributed by atoms with Gasteiger partial charge in [-0.3, -0.25) is 24.6 Å². The van der Waals surface area contributed by atoms with Crippen molar-refractivity contribution < 1.29 is 24.0 Å². The molecular formula is C26H26N4O6. The average molecular weight is 491 g/mol. The molecular weight excluding hydrogens is 464 g/mol. The van der Waals surface area contributed by atoms with Crippen LogP contribution in [-0.2, 0) is 10.3 Å². The molecule has 1 fully saturated rings. The summed E-state index contributed by atoms with van der Waals surface area (Å²) in [5, 5.41) is 13.6. The van der Waals surface area contributed by atoms with Gasteiger partial charge in [0, 0.05) is 34.8 Å². The van der Waals surface area contributed by atoms with E-state index in [1.54, 1.807) is 6.07 Å². The zero-order valence-corrected chi connectivity index (χ0v) is 20.4. The Morgan fingerprint density at radius 3 is 2.31 bits per heavy atom. The maximum Gasteiger partial charge on any atom is 0.325 e. The molecule has 3 aromatic rings. The molecule has 0 radical (unpaired) electrons. The summed E-state index contributed by atoms with van der Waals surface area (Å²) in [5.41, 5.74) is 1.59. The Morgan fingerprint density at radius 2 is 1.72 bits per heavy atom. The molecule has 0 spiro atoms. The molecule has 0 aliphatic carbocycles. The molecule has 1 saturated heterocycles. The predicted molar refractivity (Wildman–Crippen MR) is 131 cm³/mol. The van der Waals surface area contributed by atoms with Crippen LogP contribution in [-0.4, -0.2) is 45.3 Å². The van der Waals surface area contributed by atoms with Crippen LogP contribution in [0.1, 0.15) is 41.2 Å². The smallest absolute Gasteiger partial charge is 0.325 e. The minimum Gasteiger partial charge on any atom is -0.494 e. The molecule has 10 nitrogen and oxygen atoms in total. The third kappa shape index (κ3) is 4.21. The maximum atomic E-state index is 13.2. The first-order valence-corrected chi connectivity index (χ1v) is 11.4. The number of carbonyl (C=O) groups is 3. The van der Waals surface area contributed by atoms with Crippen LogP contribution < -0.4 is 10.1 Å². The first-order valence-electron chi connectivity index (χ1n) is 11.4. The first kappa shape index (κ1) is 24.6. The Labute approximate surface area is 207 Å². The number of rotatable bonds is 8. The van der Waals surface area contributed by atoms with Crippen molar-refractivity contribution in [2.75, 3.05) is 13.2 Å². The van der Waals surface area contributed by atoms with Gasteiger partial charge in [-0.2, -0.15) is 0 Å². The molecule has 4 rings (SSSR count). The number of hydrogen-bond acceptors (Lipinski definition) is 6. The van der Waals surface area contributed by atoms with Crippen LogP contribution in [0.2, 0.25) is 0 Å². The molecule has 0 saturated carbocycles. The van der Waals surface area contributed by atoms with Gasteiger partial charge in [0.2, 0.25) is 0 Å². The largest absolute Gasteiger partial charge is 0.494 e. The fourth-order valence-electron chi connectivity index (χ4n) is 4.48. The number of ether oxygens (including phenoxy) is 1. The van der Waals surface area contributed by atoms with Crippen molar-refractivity contribution >= 4 is 23.4 Å². The zero-order chi connectivity index (χ0) is 26.2. The topological polar surface area (TPSA) is 124 Å². The number of imide groups is 1. The van der Waals surface area contributed by atoms with Crippen molar-refractivity contribution in [2.45, 2.75) is 33.2 Å². The van der Waals surface area contributed by atoms with E-state index < -0.39 is 28.9 Å². The summed E-state index contributed by atoms with van der Waals surface area (Å²) < 4.78 is 7.42. The Bertz CT molecular complexity index is 1360. The molecule has 1 atom stereocenters. The van der Waals surface area contributed by atoms with Crippen molar-refractivity contribution in [1.82, 2.24) is 14.8 Å². The molecule has 2 heterocycles. The van der Waals surface area contributed by atoms with E-state index in [2.05, 4.69) is 5.32 Å². The number of hydrogen-bond donors (Lipinski definition) is 1. The Kier molecular flexibility index (Phi) is 6.36. The van der Waals surface area contributed by atoms with Crippen LogP contribution in [0.25, 0.3) is 5.69 Å². The number of aromatic nitrogens is 1. The number of amides is 3. The van der Waals surface area contributed by atoms with Gasteiger partial charge in [0.05, 0.1) is 18.1 Å². The molecule has 36 heavy (non-hydrogen) atoms. The van der Waals surface area contributed by atoms with E-state index in [1.807, 2.05) is 49.6 Å². The van der Waals surface area contributed by atoms with Gasteiger partial charge in [-0.1, -0.05) is 0 Å². The van der Waals surface area contributed by atoms with Gasteiger partial charge < -0.3 is 14.6 Å². The fraction of sp³-hybridized carbons (Fsp3) is 0.269. The number of nitrogens with zero attached hydrogens (tertiary/aromatic N) is 3. The zero-order valence-electron chi connectivity index (χ0n) is 20.4. The molecule has 186 valence electrons. The summed E-state index contributed by atoms with van der Waals surface area (Å²) in [6.07, 6.45) is 0. The number of Topliss-reactive ketones (excluding diaryl/α,β-unsaturated/α-hetero) is 1. The molecule has 1 unspecified atom stereocenters. The third-order valence-corrected chi connectivity index (χ3v) is 6.37. The fourth-order valence-corrected chi connectivity index (χ4v) is 4.48. The van der Waals surface area contributed by atoms with Gasteiger partial charge in [-0.25, -0.2) is 4.79 Å². The van der Waals surface area contributed by atoms with E-state index in [0.717, 1.165) is 22.0 Å². The molecule has 2 aromatic carbocycles. The van der Waals surface area contributed by atoms with Gasteiger partial charge in [-0.15, -0.1) is 0 Å². The van der Waals surface area contributed by atoms with E-state index in [9.17, 15) is 24.5 Å². The lowest BCUT2D eigenvalue weighted by Gasteiger charge is -2.22. The molecule has 3 amide bonds. The summed E-state index contributed by atoms with van der Waals surface area (Å²) in [4.78, 5) is 50.4. The van der Waals surface area contributed by atoms with Crippen LogP contribution in [0, 0.1) is 24.0 Å². The van der Waals surface area contributed by atoms with Crippen LogP contribution in [0.4, 0.5) is 10.5 Å². The lowest BCUT2D eigenvalue weighted by atomic mass is 9.92. The van der Waals surface area contributed by atoms with Crippen molar-refractivity contribution in [3.63, 3.8) is 0 Å². The number of nitro benzene ring substituents is 1. The van der Waals surface area contributed by atoms with Crippen LogP contribution >= 0.6 is 0 Å². The van der Waals surface area contributed by atoms with E-state index in [0.29, 0.717) is 23.4 Å². The van der Waals surface area contributed by atoms with Gasteiger partial charge >= 0.3 is 6.03 Å². The van der Waals surface area contributed by atoms with Crippen molar-refractivity contribution in [3.05, 3.63) is 87.2 Å². The van der Waals surface area contributed by atoms with Gasteiger partial charge in [0.25, 0.3) is 11.6 Å². The number of carbonyl (C=O) groups excluding carboxylic acids is 3. The quantitative estimate of drug-likeness (QED) is 0.220.